The van der Waals surface area contributed by atoms with E-state index in [9.17, 15) is 0 Å². The molecule has 128 valence electrons. The summed E-state index contributed by atoms with van der Waals surface area (Å²) in [7, 11) is 4.26. The zero-order valence-electron chi connectivity index (χ0n) is 15.6. The van der Waals surface area contributed by atoms with Crippen molar-refractivity contribution < 1.29 is 4.74 Å². The van der Waals surface area contributed by atoms with E-state index in [0.717, 1.165) is 19.4 Å². The molecule has 1 aliphatic heterocycles. The standard InChI is InChI=1S/C22H29NO/c1-17-11-13-18(14-12-17)22(15-8-16-23(4)5)20-10-7-6-9-19(20)21(2,3)24-22/h6-7,9-14H,8,15-16H2,1-5H3. The minimum Gasteiger partial charge on any atom is -0.355 e. The van der Waals surface area contributed by atoms with Crippen LogP contribution in [0, 0.1) is 6.92 Å². The summed E-state index contributed by atoms with van der Waals surface area (Å²) in [5.41, 5.74) is 4.59. The second kappa shape index (κ2) is 6.34. The van der Waals surface area contributed by atoms with Gasteiger partial charge in [0.05, 0.1) is 5.60 Å². The van der Waals surface area contributed by atoms with Crippen LogP contribution < -0.4 is 0 Å². The van der Waals surface area contributed by atoms with E-state index in [1.165, 1.54) is 22.3 Å². The molecule has 0 fully saturated rings. The van der Waals surface area contributed by atoms with Gasteiger partial charge in [-0.2, -0.15) is 0 Å². The summed E-state index contributed by atoms with van der Waals surface area (Å²) in [5.74, 6) is 0. The fourth-order valence-electron chi connectivity index (χ4n) is 3.92. The number of rotatable bonds is 5. The molecule has 0 amide bonds. The maximum absolute atomic E-state index is 6.80. The summed E-state index contributed by atoms with van der Waals surface area (Å²) in [4.78, 5) is 2.24. The van der Waals surface area contributed by atoms with Crippen LogP contribution in [0.25, 0.3) is 0 Å². The Morgan fingerprint density at radius 2 is 1.54 bits per heavy atom. The van der Waals surface area contributed by atoms with E-state index < -0.39 is 0 Å². The smallest absolute Gasteiger partial charge is 0.120 e. The van der Waals surface area contributed by atoms with Gasteiger partial charge < -0.3 is 9.64 Å². The lowest BCUT2D eigenvalue weighted by Crippen LogP contribution is -2.31. The molecule has 0 spiro atoms. The summed E-state index contributed by atoms with van der Waals surface area (Å²) in [5, 5.41) is 0. The van der Waals surface area contributed by atoms with Crippen molar-refractivity contribution in [3.63, 3.8) is 0 Å². The van der Waals surface area contributed by atoms with Gasteiger partial charge in [-0.1, -0.05) is 54.1 Å². The van der Waals surface area contributed by atoms with Gasteiger partial charge in [-0.05, 0) is 70.9 Å². The molecule has 0 radical (unpaired) electrons. The van der Waals surface area contributed by atoms with Crippen LogP contribution in [0.15, 0.2) is 48.5 Å². The van der Waals surface area contributed by atoms with Gasteiger partial charge in [0.15, 0.2) is 0 Å². The third-order valence-electron chi connectivity index (χ3n) is 5.09. The molecule has 2 aromatic rings. The van der Waals surface area contributed by atoms with Crippen molar-refractivity contribution in [1.29, 1.82) is 0 Å². The van der Waals surface area contributed by atoms with Crippen molar-refractivity contribution in [2.45, 2.75) is 44.8 Å². The van der Waals surface area contributed by atoms with Crippen LogP contribution in [-0.2, 0) is 15.9 Å². The molecule has 0 N–H and O–H groups in total. The average Bonchev–Trinajstić information content (AvgIpc) is 2.77. The molecule has 1 unspecified atom stereocenters. The van der Waals surface area contributed by atoms with E-state index in [1.807, 2.05) is 0 Å². The largest absolute Gasteiger partial charge is 0.355 e. The van der Waals surface area contributed by atoms with Crippen LogP contribution in [0.4, 0.5) is 0 Å². The highest BCUT2D eigenvalue weighted by atomic mass is 16.5. The fourth-order valence-corrected chi connectivity index (χ4v) is 3.92. The number of hydrogen-bond acceptors (Lipinski definition) is 2. The predicted octanol–water partition coefficient (Wildman–Crippen LogP) is 4.85. The summed E-state index contributed by atoms with van der Waals surface area (Å²) >= 11 is 0. The normalized spacial score (nSPS) is 21.9. The monoisotopic (exact) mass is 323 g/mol. The number of hydrogen-bond donors (Lipinski definition) is 0. The Morgan fingerprint density at radius 1 is 0.917 bits per heavy atom. The zero-order valence-corrected chi connectivity index (χ0v) is 15.6. The third-order valence-corrected chi connectivity index (χ3v) is 5.09. The summed E-state index contributed by atoms with van der Waals surface area (Å²) in [6.45, 7) is 7.58. The molecule has 2 aromatic carbocycles. The number of nitrogens with zero attached hydrogens (tertiary/aromatic N) is 1. The Bertz CT molecular complexity index is 702. The molecule has 0 aromatic heterocycles. The molecule has 2 heteroatoms. The van der Waals surface area contributed by atoms with Gasteiger partial charge in [0.25, 0.3) is 0 Å². The van der Waals surface area contributed by atoms with E-state index in [4.69, 9.17) is 4.74 Å². The second-order valence-corrected chi connectivity index (χ2v) is 7.76. The number of benzene rings is 2. The minimum absolute atomic E-state index is 0.264. The average molecular weight is 323 g/mol. The van der Waals surface area contributed by atoms with Gasteiger partial charge >= 0.3 is 0 Å². The van der Waals surface area contributed by atoms with E-state index in [2.05, 4.69) is 88.3 Å². The molecule has 1 aliphatic rings. The van der Waals surface area contributed by atoms with Crippen LogP contribution in [0.2, 0.25) is 0 Å². The van der Waals surface area contributed by atoms with Crippen LogP contribution in [0.1, 0.15) is 48.9 Å². The highest BCUT2D eigenvalue weighted by Gasteiger charge is 2.49. The molecule has 0 aliphatic carbocycles. The number of ether oxygens (including phenoxy) is 1. The highest BCUT2D eigenvalue weighted by molar-refractivity contribution is 5.47. The van der Waals surface area contributed by atoms with Crippen molar-refractivity contribution in [3.05, 3.63) is 70.8 Å². The zero-order chi connectivity index (χ0) is 17.4. The molecule has 0 saturated heterocycles. The maximum Gasteiger partial charge on any atom is 0.120 e. The summed E-state index contributed by atoms with van der Waals surface area (Å²) in [6.07, 6.45) is 2.10. The second-order valence-electron chi connectivity index (χ2n) is 7.76. The Hall–Kier alpha value is -1.64. The van der Waals surface area contributed by atoms with E-state index in [1.54, 1.807) is 0 Å². The number of aryl methyl sites for hydroxylation is 1. The van der Waals surface area contributed by atoms with Crippen molar-refractivity contribution in [3.8, 4) is 0 Å². The third kappa shape index (κ3) is 3.01. The first-order chi connectivity index (χ1) is 11.3. The molecule has 1 atom stereocenters. The number of fused-ring (bicyclic) bond motifs is 1. The van der Waals surface area contributed by atoms with Crippen LogP contribution in [-0.4, -0.2) is 25.5 Å². The lowest BCUT2D eigenvalue weighted by atomic mass is 9.81. The fraction of sp³-hybridized carbons (Fsp3) is 0.455. The first kappa shape index (κ1) is 17.2. The van der Waals surface area contributed by atoms with Crippen molar-refractivity contribution in [2.24, 2.45) is 0 Å². The van der Waals surface area contributed by atoms with Crippen LogP contribution in [0.3, 0.4) is 0 Å². The predicted molar refractivity (Wildman–Crippen MR) is 100 cm³/mol. The lowest BCUT2D eigenvalue weighted by Gasteiger charge is -2.34. The van der Waals surface area contributed by atoms with Gasteiger partial charge in [0.2, 0.25) is 0 Å². The molecule has 2 nitrogen and oxygen atoms in total. The van der Waals surface area contributed by atoms with E-state index in [-0.39, 0.29) is 11.2 Å². The molecule has 1 heterocycles. The molecular formula is C22H29NO. The van der Waals surface area contributed by atoms with Crippen molar-refractivity contribution in [1.82, 2.24) is 4.90 Å². The molecule has 0 saturated carbocycles. The van der Waals surface area contributed by atoms with Crippen LogP contribution >= 0.6 is 0 Å². The topological polar surface area (TPSA) is 12.5 Å². The molecule has 0 bridgehead atoms. The highest BCUT2D eigenvalue weighted by Crippen LogP contribution is 2.52. The van der Waals surface area contributed by atoms with E-state index >= 15 is 0 Å². The Morgan fingerprint density at radius 3 is 2.17 bits per heavy atom. The molecule has 24 heavy (non-hydrogen) atoms. The molecule has 3 rings (SSSR count). The van der Waals surface area contributed by atoms with Crippen LogP contribution in [0.5, 0.6) is 0 Å². The lowest BCUT2D eigenvalue weighted by molar-refractivity contribution is -0.107. The Balaban J connectivity index is 2.08. The minimum atomic E-state index is -0.343. The van der Waals surface area contributed by atoms with Gasteiger partial charge in [-0.25, -0.2) is 0 Å². The van der Waals surface area contributed by atoms with Gasteiger partial charge in [-0.3, -0.25) is 0 Å². The van der Waals surface area contributed by atoms with Gasteiger partial charge in [0.1, 0.15) is 5.60 Å². The first-order valence-corrected chi connectivity index (χ1v) is 8.87. The summed E-state index contributed by atoms with van der Waals surface area (Å²) < 4.78 is 6.80. The van der Waals surface area contributed by atoms with Gasteiger partial charge in [0, 0.05) is 0 Å². The van der Waals surface area contributed by atoms with Gasteiger partial charge in [-0.15, -0.1) is 0 Å². The Labute approximate surface area is 146 Å². The van der Waals surface area contributed by atoms with Crippen molar-refractivity contribution in [2.75, 3.05) is 20.6 Å². The quantitative estimate of drug-likeness (QED) is 0.780. The summed E-state index contributed by atoms with van der Waals surface area (Å²) in [6, 6.07) is 17.6. The molecular weight excluding hydrogens is 294 g/mol. The maximum atomic E-state index is 6.80. The Kier molecular flexibility index (Phi) is 4.54. The first-order valence-electron chi connectivity index (χ1n) is 8.87. The van der Waals surface area contributed by atoms with Crippen molar-refractivity contribution >= 4 is 0 Å². The van der Waals surface area contributed by atoms with E-state index in [0.29, 0.717) is 0 Å². The SMILES string of the molecule is Cc1ccc(C2(CCCN(C)C)OC(C)(C)c3ccccc32)cc1.